The molecule has 1 aromatic carbocycles. The van der Waals surface area contributed by atoms with Crippen molar-refractivity contribution in [2.45, 2.75) is 37.4 Å². The Balaban J connectivity index is 1.34. The molecule has 0 bridgehead atoms. The molecule has 2 aliphatic heterocycles. The minimum atomic E-state index is -0.900. The van der Waals surface area contributed by atoms with Gasteiger partial charge in [0.15, 0.2) is 11.5 Å². The van der Waals surface area contributed by atoms with Crippen LogP contribution in [0.3, 0.4) is 0 Å². The second-order valence-corrected chi connectivity index (χ2v) is 9.18. The fourth-order valence-corrected chi connectivity index (χ4v) is 5.25. The van der Waals surface area contributed by atoms with E-state index in [9.17, 15) is 4.79 Å². The molecule has 4 heterocycles. The van der Waals surface area contributed by atoms with Crippen LogP contribution >= 0.6 is 22.9 Å². The van der Waals surface area contributed by atoms with Gasteiger partial charge in [-0.2, -0.15) is 0 Å². The molecule has 10 heteroatoms. The van der Waals surface area contributed by atoms with E-state index >= 15 is 0 Å². The summed E-state index contributed by atoms with van der Waals surface area (Å²) in [7, 11) is 0. The van der Waals surface area contributed by atoms with Gasteiger partial charge in [0.1, 0.15) is 15.9 Å². The number of esters is 1. The molecule has 3 aromatic rings. The summed E-state index contributed by atoms with van der Waals surface area (Å²) in [5.41, 5.74) is -0.379. The van der Waals surface area contributed by atoms with Gasteiger partial charge in [-0.05, 0) is 42.5 Å². The van der Waals surface area contributed by atoms with E-state index in [0.29, 0.717) is 44.2 Å². The van der Waals surface area contributed by atoms with Gasteiger partial charge in [-0.3, -0.25) is 10.1 Å². The van der Waals surface area contributed by atoms with Crippen molar-refractivity contribution >= 4 is 45.1 Å². The molecule has 0 spiro atoms. The number of piperidine rings is 1. The van der Waals surface area contributed by atoms with E-state index in [4.69, 9.17) is 25.8 Å². The van der Waals surface area contributed by atoms with Crippen molar-refractivity contribution in [1.29, 1.82) is 0 Å². The number of hydrogen-bond donors (Lipinski definition) is 1. The molecule has 8 nitrogen and oxygen atoms in total. The normalized spacial score (nSPS) is 22.3. The predicted octanol–water partition coefficient (Wildman–Crippen LogP) is 3.68. The minimum Gasteiger partial charge on any atom is -0.465 e. The number of rotatable bonds is 6. The molecule has 0 saturated carbocycles. The Morgan fingerprint density at radius 1 is 1.38 bits per heavy atom. The second kappa shape index (κ2) is 8.73. The molecule has 1 fully saturated rings. The van der Waals surface area contributed by atoms with Gasteiger partial charge < -0.3 is 19.1 Å². The highest BCUT2D eigenvalue weighted by Crippen LogP contribution is 2.35. The van der Waals surface area contributed by atoms with Crippen LogP contribution in [0.25, 0.3) is 10.2 Å². The van der Waals surface area contributed by atoms with Crippen molar-refractivity contribution in [2.75, 3.05) is 24.8 Å². The van der Waals surface area contributed by atoms with Gasteiger partial charge in [-0.15, -0.1) is 11.3 Å². The summed E-state index contributed by atoms with van der Waals surface area (Å²) in [5.74, 6) is 1.72. The highest BCUT2D eigenvalue weighted by Gasteiger charge is 2.46. The fourth-order valence-electron chi connectivity index (χ4n) is 4.07. The number of alkyl halides is 1. The van der Waals surface area contributed by atoms with Gasteiger partial charge in [0, 0.05) is 31.1 Å². The molecular formula is C22H23ClN4O4S. The summed E-state index contributed by atoms with van der Waals surface area (Å²) in [4.78, 5) is 25.0. The summed E-state index contributed by atoms with van der Waals surface area (Å²) in [6.45, 7) is 3.33. The predicted molar refractivity (Wildman–Crippen MR) is 122 cm³/mol. The van der Waals surface area contributed by atoms with Crippen LogP contribution in [-0.2, 0) is 16.1 Å². The standard InChI is InChI=1S/C22H23ClN4O4S/c1-2-29-20(28)22(25-11-14-3-4-16-17(9-14)31-13-30-16)6-7-27(18(23)10-22)21-24-12-15-5-8-32-19(15)26-21/h3-5,8-9,12,18,25H,2,6-7,10-11,13H2,1H3. The quantitative estimate of drug-likeness (QED) is 0.329. The lowest BCUT2D eigenvalue weighted by Gasteiger charge is -2.43. The number of halogens is 1. The molecule has 2 atom stereocenters. The van der Waals surface area contributed by atoms with Crippen LogP contribution in [0.1, 0.15) is 25.3 Å². The molecule has 1 saturated heterocycles. The number of hydrogen-bond acceptors (Lipinski definition) is 9. The molecule has 0 aliphatic carbocycles. The number of nitrogens with one attached hydrogen (secondary N) is 1. The largest absolute Gasteiger partial charge is 0.465 e. The molecule has 5 rings (SSSR count). The van der Waals surface area contributed by atoms with E-state index in [0.717, 1.165) is 21.5 Å². The maximum absolute atomic E-state index is 13.0. The van der Waals surface area contributed by atoms with E-state index in [1.165, 1.54) is 0 Å². The van der Waals surface area contributed by atoms with Gasteiger partial charge in [-0.1, -0.05) is 17.7 Å². The first-order chi connectivity index (χ1) is 15.6. The number of nitrogens with zero attached hydrogens (tertiary/aromatic N) is 3. The lowest BCUT2D eigenvalue weighted by molar-refractivity contribution is -0.152. The fraction of sp³-hybridized carbons (Fsp3) is 0.409. The first-order valence-corrected chi connectivity index (χ1v) is 11.8. The first-order valence-electron chi connectivity index (χ1n) is 10.5. The highest BCUT2D eigenvalue weighted by atomic mass is 35.5. The molecule has 2 unspecified atom stereocenters. The molecular weight excluding hydrogens is 452 g/mol. The van der Waals surface area contributed by atoms with Crippen LogP contribution in [0.4, 0.5) is 5.95 Å². The number of ether oxygens (including phenoxy) is 3. The van der Waals surface area contributed by atoms with E-state index in [1.807, 2.05) is 40.7 Å². The van der Waals surface area contributed by atoms with Crippen molar-refractivity contribution < 1.29 is 19.0 Å². The van der Waals surface area contributed by atoms with Crippen molar-refractivity contribution in [1.82, 2.24) is 15.3 Å². The van der Waals surface area contributed by atoms with Crippen LogP contribution in [0.2, 0.25) is 0 Å². The summed E-state index contributed by atoms with van der Waals surface area (Å²) < 4.78 is 16.3. The third-order valence-corrected chi connectivity index (χ3v) is 7.03. The number of carbonyl (C=O) groups excluding carboxylic acids is 1. The van der Waals surface area contributed by atoms with Gasteiger partial charge >= 0.3 is 5.97 Å². The van der Waals surface area contributed by atoms with Crippen molar-refractivity contribution in [3.05, 3.63) is 41.4 Å². The summed E-state index contributed by atoms with van der Waals surface area (Å²) in [6.07, 6.45) is 2.69. The third-order valence-electron chi connectivity index (χ3n) is 5.82. The number of aromatic nitrogens is 2. The Kier molecular flexibility index (Phi) is 5.79. The first kappa shape index (κ1) is 21.2. The van der Waals surface area contributed by atoms with Crippen LogP contribution in [0, 0.1) is 0 Å². The van der Waals surface area contributed by atoms with E-state index in [2.05, 4.69) is 15.3 Å². The van der Waals surface area contributed by atoms with E-state index in [1.54, 1.807) is 18.3 Å². The zero-order valence-corrected chi connectivity index (χ0v) is 19.1. The molecule has 2 aromatic heterocycles. The van der Waals surface area contributed by atoms with Crippen molar-refractivity contribution in [2.24, 2.45) is 0 Å². The lowest BCUT2D eigenvalue weighted by Crippen LogP contribution is -2.61. The average Bonchev–Trinajstić information content (AvgIpc) is 3.46. The molecule has 1 N–H and O–H groups in total. The summed E-state index contributed by atoms with van der Waals surface area (Å²) >= 11 is 8.36. The molecule has 0 radical (unpaired) electrons. The number of anilines is 1. The van der Waals surface area contributed by atoms with Gasteiger partial charge in [0.2, 0.25) is 12.7 Å². The summed E-state index contributed by atoms with van der Waals surface area (Å²) in [5, 5.41) is 6.43. The summed E-state index contributed by atoms with van der Waals surface area (Å²) in [6, 6.07) is 7.74. The Morgan fingerprint density at radius 2 is 2.25 bits per heavy atom. The SMILES string of the molecule is CCOC(=O)C1(NCc2ccc3c(c2)OCO3)CCN(c2ncc3ccsc3n2)C(Cl)C1. The van der Waals surface area contributed by atoms with E-state index < -0.39 is 11.0 Å². The number of carbonyl (C=O) groups is 1. The van der Waals surface area contributed by atoms with Crippen LogP contribution in [-0.4, -0.2) is 46.9 Å². The lowest BCUT2D eigenvalue weighted by atomic mass is 9.87. The smallest absolute Gasteiger partial charge is 0.326 e. The Labute approximate surface area is 194 Å². The molecule has 0 amide bonds. The van der Waals surface area contributed by atoms with Gasteiger partial charge in [0.25, 0.3) is 0 Å². The average molecular weight is 475 g/mol. The zero-order chi connectivity index (χ0) is 22.1. The van der Waals surface area contributed by atoms with Crippen molar-refractivity contribution in [3.63, 3.8) is 0 Å². The maximum Gasteiger partial charge on any atom is 0.326 e. The van der Waals surface area contributed by atoms with Crippen LogP contribution < -0.4 is 19.7 Å². The van der Waals surface area contributed by atoms with Crippen LogP contribution in [0.5, 0.6) is 11.5 Å². The van der Waals surface area contributed by atoms with Gasteiger partial charge in [-0.25, -0.2) is 9.97 Å². The number of thiophene rings is 1. The number of fused-ring (bicyclic) bond motifs is 2. The molecule has 2 aliphatic rings. The maximum atomic E-state index is 13.0. The van der Waals surface area contributed by atoms with Gasteiger partial charge in [0.05, 0.1) is 6.61 Å². The zero-order valence-electron chi connectivity index (χ0n) is 17.5. The van der Waals surface area contributed by atoms with Crippen LogP contribution in [0.15, 0.2) is 35.8 Å². The third kappa shape index (κ3) is 3.96. The molecule has 168 valence electrons. The number of benzene rings is 1. The Hall–Kier alpha value is -2.62. The molecule has 32 heavy (non-hydrogen) atoms. The Bertz CT molecular complexity index is 1140. The highest BCUT2D eigenvalue weighted by molar-refractivity contribution is 7.16. The van der Waals surface area contributed by atoms with E-state index in [-0.39, 0.29) is 12.8 Å². The Morgan fingerprint density at radius 3 is 3.09 bits per heavy atom. The topological polar surface area (TPSA) is 85.8 Å². The monoisotopic (exact) mass is 474 g/mol. The second-order valence-electron chi connectivity index (χ2n) is 7.78. The minimum absolute atomic E-state index is 0.224. The van der Waals surface area contributed by atoms with Crippen molar-refractivity contribution in [3.8, 4) is 11.5 Å².